The van der Waals surface area contributed by atoms with Gasteiger partial charge in [0.1, 0.15) is 17.7 Å². The average molecular weight is 341 g/mol. The van der Waals surface area contributed by atoms with Gasteiger partial charge in [0, 0.05) is 25.5 Å². The van der Waals surface area contributed by atoms with Crippen molar-refractivity contribution in [2.45, 2.75) is 19.3 Å². The molecule has 4 nitrogen and oxygen atoms in total. The first-order valence-corrected chi connectivity index (χ1v) is 8.16. The third-order valence-electron chi connectivity index (χ3n) is 4.59. The SMILES string of the molecule is N#Cc1ccncc1C(=O)N1CCC(Cc2cc(F)ccc2F)CC1. The van der Waals surface area contributed by atoms with E-state index in [0.717, 1.165) is 12.1 Å². The number of aromatic nitrogens is 1. The number of pyridine rings is 1. The van der Waals surface area contributed by atoms with E-state index >= 15 is 0 Å². The van der Waals surface area contributed by atoms with Gasteiger partial charge in [0.15, 0.2) is 0 Å². The lowest BCUT2D eigenvalue weighted by atomic mass is 9.89. The first-order valence-electron chi connectivity index (χ1n) is 8.16. The van der Waals surface area contributed by atoms with Gasteiger partial charge in [-0.1, -0.05) is 0 Å². The van der Waals surface area contributed by atoms with Gasteiger partial charge in [-0.3, -0.25) is 9.78 Å². The number of carbonyl (C=O) groups is 1. The fourth-order valence-corrected chi connectivity index (χ4v) is 3.18. The predicted octanol–water partition coefficient (Wildman–Crippen LogP) is 3.33. The van der Waals surface area contributed by atoms with Crippen molar-refractivity contribution in [3.05, 3.63) is 65.0 Å². The van der Waals surface area contributed by atoms with Crippen LogP contribution in [0.3, 0.4) is 0 Å². The van der Waals surface area contributed by atoms with Crippen molar-refractivity contribution in [1.82, 2.24) is 9.88 Å². The van der Waals surface area contributed by atoms with Crippen LogP contribution in [0.5, 0.6) is 0 Å². The van der Waals surface area contributed by atoms with Crippen molar-refractivity contribution in [3.8, 4) is 6.07 Å². The quantitative estimate of drug-likeness (QED) is 0.860. The summed E-state index contributed by atoms with van der Waals surface area (Å²) >= 11 is 0. The lowest BCUT2D eigenvalue weighted by Gasteiger charge is -2.32. The number of hydrogen-bond donors (Lipinski definition) is 0. The minimum atomic E-state index is -0.440. The molecule has 1 aromatic heterocycles. The number of hydrogen-bond acceptors (Lipinski definition) is 3. The maximum absolute atomic E-state index is 13.8. The second-order valence-corrected chi connectivity index (χ2v) is 6.21. The van der Waals surface area contributed by atoms with Gasteiger partial charge in [-0.15, -0.1) is 0 Å². The lowest BCUT2D eigenvalue weighted by molar-refractivity contribution is 0.0689. The Kier molecular flexibility index (Phi) is 5.03. The van der Waals surface area contributed by atoms with Crippen LogP contribution in [0.1, 0.15) is 34.3 Å². The van der Waals surface area contributed by atoms with Crippen molar-refractivity contribution >= 4 is 5.91 Å². The minimum Gasteiger partial charge on any atom is -0.339 e. The summed E-state index contributed by atoms with van der Waals surface area (Å²) in [6.07, 6.45) is 4.78. The molecule has 6 heteroatoms. The zero-order valence-electron chi connectivity index (χ0n) is 13.6. The number of carbonyl (C=O) groups excluding carboxylic acids is 1. The van der Waals surface area contributed by atoms with Gasteiger partial charge in [-0.2, -0.15) is 5.26 Å². The molecule has 0 unspecified atom stereocenters. The van der Waals surface area contributed by atoms with E-state index in [4.69, 9.17) is 5.26 Å². The highest BCUT2D eigenvalue weighted by Crippen LogP contribution is 2.24. The summed E-state index contributed by atoms with van der Waals surface area (Å²) in [6, 6.07) is 7.02. The van der Waals surface area contributed by atoms with Crippen LogP contribution in [0.4, 0.5) is 8.78 Å². The van der Waals surface area contributed by atoms with Crippen LogP contribution in [0.15, 0.2) is 36.7 Å². The van der Waals surface area contributed by atoms with Crippen LogP contribution in [-0.4, -0.2) is 28.9 Å². The molecule has 128 valence electrons. The third-order valence-corrected chi connectivity index (χ3v) is 4.59. The van der Waals surface area contributed by atoms with E-state index in [2.05, 4.69) is 4.98 Å². The van der Waals surface area contributed by atoms with Crippen molar-refractivity contribution in [3.63, 3.8) is 0 Å². The molecule has 0 spiro atoms. The zero-order chi connectivity index (χ0) is 17.8. The van der Waals surface area contributed by atoms with Crippen LogP contribution in [-0.2, 0) is 6.42 Å². The summed E-state index contributed by atoms with van der Waals surface area (Å²) in [6.45, 7) is 1.06. The molecule has 1 fully saturated rings. The second-order valence-electron chi connectivity index (χ2n) is 6.21. The minimum absolute atomic E-state index is 0.199. The van der Waals surface area contributed by atoms with E-state index in [0.29, 0.717) is 49.0 Å². The number of nitriles is 1. The molecule has 0 radical (unpaired) electrons. The summed E-state index contributed by atoms with van der Waals surface area (Å²) in [5.74, 6) is -0.844. The number of benzene rings is 1. The van der Waals surface area contributed by atoms with Crippen molar-refractivity contribution in [2.75, 3.05) is 13.1 Å². The van der Waals surface area contributed by atoms with Gasteiger partial charge < -0.3 is 4.90 Å². The molecule has 2 aromatic rings. The van der Waals surface area contributed by atoms with Gasteiger partial charge in [0.2, 0.25) is 0 Å². The van der Waals surface area contributed by atoms with E-state index in [-0.39, 0.29) is 11.8 Å². The van der Waals surface area contributed by atoms with Gasteiger partial charge in [0.25, 0.3) is 5.91 Å². The maximum atomic E-state index is 13.8. The highest BCUT2D eigenvalue weighted by Gasteiger charge is 2.26. The Morgan fingerprint density at radius 2 is 2.04 bits per heavy atom. The molecule has 1 saturated heterocycles. The number of likely N-dealkylation sites (tertiary alicyclic amines) is 1. The number of halogens is 2. The normalized spacial score (nSPS) is 15.0. The van der Waals surface area contributed by atoms with Crippen molar-refractivity contribution in [2.24, 2.45) is 5.92 Å². The molecular weight excluding hydrogens is 324 g/mol. The topological polar surface area (TPSA) is 57.0 Å². The standard InChI is InChI=1S/C19H17F2N3O/c20-16-1-2-18(21)15(10-16)9-13-4-7-24(8-5-13)19(25)17-12-23-6-3-14(17)11-22/h1-3,6,10,12-13H,4-5,7-9H2. The number of piperidine rings is 1. The number of nitrogens with zero attached hydrogens (tertiary/aromatic N) is 3. The van der Waals surface area contributed by atoms with E-state index in [9.17, 15) is 13.6 Å². The van der Waals surface area contributed by atoms with Gasteiger partial charge in [0.05, 0.1) is 11.1 Å². The Labute approximate surface area is 144 Å². The molecule has 1 amide bonds. The first-order chi connectivity index (χ1) is 12.1. The van der Waals surface area contributed by atoms with E-state index in [1.54, 1.807) is 4.90 Å². The van der Waals surface area contributed by atoms with Crippen LogP contribution in [0.2, 0.25) is 0 Å². The van der Waals surface area contributed by atoms with Gasteiger partial charge >= 0.3 is 0 Å². The van der Waals surface area contributed by atoms with Crippen LogP contribution < -0.4 is 0 Å². The Morgan fingerprint density at radius 1 is 1.28 bits per heavy atom. The van der Waals surface area contributed by atoms with Crippen LogP contribution in [0.25, 0.3) is 0 Å². The summed E-state index contributed by atoms with van der Waals surface area (Å²) in [5, 5.41) is 9.11. The zero-order valence-corrected chi connectivity index (χ0v) is 13.6. The summed E-state index contributed by atoms with van der Waals surface area (Å²) in [7, 11) is 0. The van der Waals surface area contributed by atoms with Gasteiger partial charge in [-0.05, 0) is 55.0 Å². The molecule has 0 atom stereocenters. The van der Waals surface area contributed by atoms with E-state index in [1.807, 2.05) is 6.07 Å². The Morgan fingerprint density at radius 3 is 2.76 bits per heavy atom. The fraction of sp³-hybridized carbons (Fsp3) is 0.316. The van der Waals surface area contributed by atoms with Crippen molar-refractivity contribution in [1.29, 1.82) is 5.26 Å². The van der Waals surface area contributed by atoms with Crippen LogP contribution >= 0.6 is 0 Å². The maximum Gasteiger partial charge on any atom is 0.256 e. The molecule has 0 bridgehead atoms. The lowest BCUT2D eigenvalue weighted by Crippen LogP contribution is -2.39. The Bertz CT molecular complexity index is 824. The van der Waals surface area contributed by atoms with E-state index in [1.165, 1.54) is 24.5 Å². The molecule has 0 aliphatic carbocycles. The first kappa shape index (κ1) is 17.0. The fourth-order valence-electron chi connectivity index (χ4n) is 3.18. The highest BCUT2D eigenvalue weighted by atomic mass is 19.1. The van der Waals surface area contributed by atoms with Crippen LogP contribution in [0, 0.1) is 28.9 Å². The molecule has 25 heavy (non-hydrogen) atoms. The molecule has 1 aliphatic heterocycles. The largest absolute Gasteiger partial charge is 0.339 e. The average Bonchev–Trinajstić information content (AvgIpc) is 2.64. The number of rotatable bonds is 3. The van der Waals surface area contributed by atoms with Gasteiger partial charge in [-0.25, -0.2) is 8.78 Å². The molecule has 1 aromatic carbocycles. The third kappa shape index (κ3) is 3.82. The second kappa shape index (κ2) is 7.39. The molecular formula is C19H17F2N3O. The summed E-state index contributed by atoms with van der Waals surface area (Å²) in [4.78, 5) is 18.2. The predicted molar refractivity (Wildman–Crippen MR) is 87.6 cm³/mol. The molecule has 1 aliphatic rings. The molecule has 0 N–H and O–H groups in total. The molecule has 3 rings (SSSR count). The molecule has 0 saturated carbocycles. The smallest absolute Gasteiger partial charge is 0.256 e. The summed E-state index contributed by atoms with van der Waals surface area (Å²) in [5.41, 5.74) is 0.993. The highest BCUT2D eigenvalue weighted by molar-refractivity contribution is 5.96. The van der Waals surface area contributed by atoms with E-state index < -0.39 is 11.6 Å². The Balaban J connectivity index is 1.63. The Hall–Kier alpha value is -2.81. The monoisotopic (exact) mass is 341 g/mol. The van der Waals surface area contributed by atoms with Crippen molar-refractivity contribution < 1.29 is 13.6 Å². The summed E-state index contributed by atoms with van der Waals surface area (Å²) < 4.78 is 27.0. The number of amides is 1. The molecule has 2 heterocycles.